The Bertz CT molecular complexity index is 775. The lowest BCUT2D eigenvalue weighted by Crippen LogP contribution is -2.43. The summed E-state index contributed by atoms with van der Waals surface area (Å²) in [6, 6.07) is 12.4. The molecule has 28 heavy (non-hydrogen) atoms. The molecule has 5 nitrogen and oxygen atoms in total. The van der Waals surface area contributed by atoms with Gasteiger partial charge in [-0.2, -0.15) is 0 Å². The molecule has 0 saturated heterocycles. The number of halogens is 1. The summed E-state index contributed by atoms with van der Waals surface area (Å²) in [6.45, 7) is 7.86. The lowest BCUT2D eigenvalue weighted by molar-refractivity contribution is 0.0963. The van der Waals surface area contributed by atoms with E-state index in [4.69, 9.17) is 0 Å². The summed E-state index contributed by atoms with van der Waals surface area (Å²) in [7, 11) is 1.65. The van der Waals surface area contributed by atoms with Crippen molar-refractivity contribution in [2.24, 2.45) is 4.99 Å². The van der Waals surface area contributed by atoms with Gasteiger partial charge in [0.25, 0.3) is 5.91 Å². The summed E-state index contributed by atoms with van der Waals surface area (Å²) >= 11 is 1.84. The van der Waals surface area contributed by atoms with E-state index in [0.29, 0.717) is 18.2 Å². The zero-order chi connectivity index (χ0) is 19.6. The number of nitrogens with zero attached hydrogens (tertiary/aromatic N) is 1. The molecule has 0 aliphatic carbocycles. The smallest absolute Gasteiger partial charge is 0.251 e. The predicted octanol–water partition coefficient (Wildman–Crippen LogP) is 3.76. The highest BCUT2D eigenvalue weighted by Gasteiger charge is 2.08. The summed E-state index contributed by atoms with van der Waals surface area (Å²) in [5.41, 5.74) is 1.79. The molecule has 0 aliphatic rings. The maximum absolute atomic E-state index is 11.7. The van der Waals surface area contributed by atoms with Gasteiger partial charge >= 0.3 is 0 Å². The Balaban J connectivity index is 0.00000392. The van der Waals surface area contributed by atoms with E-state index in [9.17, 15) is 4.79 Å². The highest BCUT2D eigenvalue weighted by Crippen LogP contribution is 2.16. The molecule has 2 rings (SSSR count). The van der Waals surface area contributed by atoms with Gasteiger partial charge in [0.2, 0.25) is 0 Å². The molecule has 0 aliphatic heterocycles. The Hall–Kier alpha value is -1.61. The molecule has 1 aromatic heterocycles. The number of benzene rings is 1. The van der Waals surface area contributed by atoms with Crippen LogP contribution in [0.1, 0.15) is 39.5 Å². The van der Waals surface area contributed by atoms with Gasteiger partial charge in [0.15, 0.2) is 5.96 Å². The number of guanidine groups is 1. The van der Waals surface area contributed by atoms with Crippen molar-refractivity contribution < 1.29 is 4.79 Å². The number of hydrogen-bond donors (Lipinski definition) is 3. The quantitative estimate of drug-likeness (QED) is 0.286. The van der Waals surface area contributed by atoms with Gasteiger partial charge < -0.3 is 16.0 Å². The minimum atomic E-state index is -0.0620. The van der Waals surface area contributed by atoms with E-state index in [1.165, 1.54) is 9.75 Å². The third-order valence-corrected chi connectivity index (χ3v) is 5.14. The second-order valence-electron chi connectivity index (χ2n) is 6.55. The third kappa shape index (κ3) is 8.18. The van der Waals surface area contributed by atoms with Crippen molar-refractivity contribution in [3.05, 3.63) is 57.3 Å². The molecule has 1 atom stereocenters. The van der Waals surface area contributed by atoms with Crippen LogP contribution in [0, 0.1) is 6.92 Å². The average Bonchev–Trinajstić information content (AvgIpc) is 3.06. The Labute approximate surface area is 189 Å². The topological polar surface area (TPSA) is 65.5 Å². The first kappa shape index (κ1) is 24.4. The lowest BCUT2D eigenvalue weighted by atomic mass is 10.1. The standard InChI is InChI=1S/C21H30N4OS.HI/c1-5-23-21(25-15(2)13-19-10-9-16(3)27-19)24-12-11-17-7-6-8-18(14-17)20(26)22-4;/h6-10,14-15H,5,11-13H2,1-4H3,(H,22,26)(H2,23,24,25);1H. The summed E-state index contributed by atoms with van der Waals surface area (Å²) in [5.74, 6) is 0.772. The van der Waals surface area contributed by atoms with Crippen LogP contribution in [0.4, 0.5) is 0 Å². The van der Waals surface area contributed by atoms with Crippen LogP contribution in [0.2, 0.25) is 0 Å². The number of nitrogens with one attached hydrogen (secondary N) is 3. The number of thiophene rings is 1. The van der Waals surface area contributed by atoms with Crippen molar-refractivity contribution in [3.8, 4) is 0 Å². The number of hydrogen-bond acceptors (Lipinski definition) is 3. The van der Waals surface area contributed by atoms with E-state index in [1.54, 1.807) is 7.05 Å². The van der Waals surface area contributed by atoms with Crippen LogP contribution in [-0.4, -0.2) is 38.0 Å². The zero-order valence-corrected chi connectivity index (χ0v) is 20.2. The molecule has 1 unspecified atom stereocenters. The van der Waals surface area contributed by atoms with E-state index >= 15 is 0 Å². The minimum absolute atomic E-state index is 0. The van der Waals surface area contributed by atoms with Crippen molar-refractivity contribution in [3.63, 3.8) is 0 Å². The highest BCUT2D eigenvalue weighted by atomic mass is 127. The molecular weight excluding hydrogens is 483 g/mol. The molecule has 0 saturated carbocycles. The first-order chi connectivity index (χ1) is 13.0. The highest BCUT2D eigenvalue weighted by molar-refractivity contribution is 14.0. The zero-order valence-electron chi connectivity index (χ0n) is 17.0. The van der Waals surface area contributed by atoms with E-state index in [2.05, 4.69) is 53.8 Å². The second kappa shape index (κ2) is 12.8. The number of amides is 1. The van der Waals surface area contributed by atoms with Gasteiger partial charge in [0, 0.05) is 47.9 Å². The third-order valence-electron chi connectivity index (χ3n) is 4.12. The molecule has 0 radical (unpaired) electrons. The molecule has 3 N–H and O–H groups in total. The number of rotatable bonds is 8. The summed E-state index contributed by atoms with van der Waals surface area (Å²) in [6.07, 6.45) is 1.77. The molecule has 0 bridgehead atoms. The summed E-state index contributed by atoms with van der Waals surface area (Å²) in [5, 5.41) is 9.45. The van der Waals surface area contributed by atoms with Gasteiger partial charge in [0.05, 0.1) is 0 Å². The van der Waals surface area contributed by atoms with Crippen LogP contribution >= 0.6 is 35.3 Å². The maximum Gasteiger partial charge on any atom is 0.251 e. The van der Waals surface area contributed by atoms with Crippen LogP contribution in [0.3, 0.4) is 0 Å². The van der Waals surface area contributed by atoms with Gasteiger partial charge in [-0.3, -0.25) is 9.79 Å². The van der Waals surface area contributed by atoms with Gasteiger partial charge in [-0.05, 0) is 57.0 Å². The fourth-order valence-corrected chi connectivity index (χ4v) is 3.83. The normalized spacial score (nSPS) is 12.1. The van der Waals surface area contributed by atoms with Crippen molar-refractivity contribution in [2.75, 3.05) is 20.1 Å². The molecule has 154 valence electrons. The predicted molar refractivity (Wildman–Crippen MR) is 130 cm³/mol. The van der Waals surface area contributed by atoms with Crippen LogP contribution < -0.4 is 16.0 Å². The molecule has 7 heteroatoms. The fraction of sp³-hybridized carbons (Fsp3) is 0.429. The lowest BCUT2D eigenvalue weighted by Gasteiger charge is -2.17. The number of aliphatic imine (C=N–C) groups is 1. The first-order valence-corrected chi connectivity index (χ1v) is 10.2. The number of carbonyl (C=O) groups excluding carboxylic acids is 1. The Morgan fingerprint density at radius 2 is 2.04 bits per heavy atom. The summed E-state index contributed by atoms with van der Waals surface area (Å²) < 4.78 is 0. The molecule has 1 aromatic carbocycles. The van der Waals surface area contributed by atoms with Crippen molar-refractivity contribution in [1.29, 1.82) is 0 Å². The molecular formula is C21H31IN4OS. The molecule has 1 heterocycles. The van der Waals surface area contributed by atoms with E-state index in [-0.39, 0.29) is 29.9 Å². The van der Waals surface area contributed by atoms with Gasteiger partial charge in [-0.25, -0.2) is 0 Å². The maximum atomic E-state index is 11.7. The van der Waals surface area contributed by atoms with E-state index in [0.717, 1.165) is 30.9 Å². The SMILES string of the molecule is CCNC(=NCCc1cccc(C(=O)NC)c1)NC(C)Cc1ccc(C)s1.I. The Morgan fingerprint density at radius 1 is 1.25 bits per heavy atom. The molecule has 0 spiro atoms. The fourth-order valence-electron chi connectivity index (χ4n) is 2.81. The van der Waals surface area contributed by atoms with Crippen molar-refractivity contribution in [1.82, 2.24) is 16.0 Å². The van der Waals surface area contributed by atoms with Gasteiger partial charge in [-0.1, -0.05) is 12.1 Å². The molecule has 1 amide bonds. The monoisotopic (exact) mass is 514 g/mol. The van der Waals surface area contributed by atoms with Crippen LogP contribution in [0.5, 0.6) is 0 Å². The Kier molecular flexibility index (Phi) is 11.1. The first-order valence-electron chi connectivity index (χ1n) is 9.43. The minimum Gasteiger partial charge on any atom is -0.357 e. The Morgan fingerprint density at radius 3 is 2.68 bits per heavy atom. The number of aryl methyl sites for hydroxylation is 1. The van der Waals surface area contributed by atoms with Gasteiger partial charge in [0.1, 0.15) is 0 Å². The van der Waals surface area contributed by atoms with E-state index in [1.807, 2.05) is 35.6 Å². The average molecular weight is 514 g/mol. The van der Waals surface area contributed by atoms with E-state index < -0.39 is 0 Å². The van der Waals surface area contributed by atoms with Crippen LogP contribution in [-0.2, 0) is 12.8 Å². The summed E-state index contributed by atoms with van der Waals surface area (Å²) in [4.78, 5) is 19.2. The number of carbonyl (C=O) groups is 1. The van der Waals surface area contributed by atoms with Gasteiger partial charge in [-0.15, -0.1) is 35.3 Å². The molecule has 2 aromatic rings. The van der Waals surface area contributed by atoms with Crippen molar-refractivity contribution in [2.45, 2.75) is 39.7 Å². The van der Waals surface area contributed by atoms with Crippen LogP contribution in [0.15, 0.2) is 41.4 Å². The largest absolute Gasteiger partial charge is 0.357 e. The second-order valence-corrected chi connectivity index (χ2v) is 7.92. The molecule has 0 fully saturated rings. The van der Waals surface area contributed by atoms with Crippen LogP contribution in [0.25, 0.3) is 0 Å². The van der Waals surface area contributed by atoms with Crippen molar-refractivity contribution >= 4 is 47.2 Å².